The summed E-state index contributed by atoms with van der Waals surface area (Å²) in [6.07, 6.45) is 7.71. The van der Waals surface area contributed by atoms with Crippen molar-refractivity contribution in [2.45, 2.75) is 38.5 Å². The Morgan fingerprint density at radius 3 is 2.36 bits per heavy atom. The van der Waals surface area contributed by atoms with Crippen molar-refractivity contribution in [3.63, 3.8) is 0 Å². The first kappa shape index (κ1) is 17.2. The van der Waals surface area contributed by atoms with Gasteiger partial charge in [-0.15, -0.1) is 0 Å². The molecule has 22 heavy (non-hydrogen) atoms. The fraction of sp³-hybridized carbons (Fsp3) is 0.875. The average Bonchev–Trinajstić information content (AvgIpc) is 2.74. The predicted octanol–water partition coefficient (Wildman–Crippen LogP) is 0.775. The molecule has 2 saturated heterocycles. The highest BCUT2D eigenvalue weighted by atomic mass is 16.4. The summed E-state index contributed by atoms with van der Waals surface area (Å²) in [6, 6.07) is 0. The Balaban J connectivity index is 1.71. The van der Waals surface area contributed by atoms with Gasteiger partial charge in [-0.25, -0.2) is 0 Å². The van der Waals surface area contributed by atoms with Gasteiger partial charge < -0.3 is 15.3 Å². The number of aliphatic carboxylic acids is 1. The number of piperidine rings is 1. The number of carboxylic acid groups (broad SMARTS) is 1. The van der Waals surface area contributed by atoms with Crippen LogP contribution >= 0.6 is 0 Å². The Labute approximate surface area is 132 Å². The molecule has 1 atom stereocenters. The Bertz CT molecular complexity index is 368. The van der Waals surface area contributed by atoms with E-state index in [-0.39, 0.29) is 12.5 Å². The number of rotatable bonds is 6. The van der Waals surface area contributed by atoms with Crippen molar-refractivity contribution >= 4 is 11.9 Å². The second kappa shape index (κ2) is 9.10. The Morgan fingerprint density at radius 2 is 1.68 bits per heavy atom. The third-order valence-electron chi connectivity index (χ3n) is 4.62. The number of carbonyl (C=O) groups is 2. The van der Waals surface area contributed by atoms with E-state index in [1.807, 2.05) is 0 Å². The topological polar surface area (TPSA) is 72.9 Å². The molecule has 6 heteroatoms. The maximum atomic E-state index is 11.7. The minimum atomic E-state index is -0.994. The second-order valence-electron chi connectivity index (χ2n) is 6.63. The molecular weight excluding hydrogens is 282 g/mol. The van der Waals surface area contributed by atoms with Crippen molar-refractivity contribution in [3.8, 4) is 0 Å². The van der Waals surface area contributed by atoms with Gasteiger partial charge >= 0.3 is 5.97 Å². The molecule has 2 heterocycles. The summed E-state index contributed by atoms with van der Waals surface area (Å²) in [4.78, 5) is 27.0. The lowest BCUT2D eigenvalue weighted by Crippen LogP contribution is -2.46. The van der Waals surface area contributed by atoms with Gasteiger partial charge in [0.2, 0.25) is 5.91 Å². The molecule has 126 valence electrons. The molecule has 2 N–H and O–H groups in total. The minimum Gasteiger partial charge on any atom is -0.480 e. The van der Waals surface area contributed by atoms with Crippen LogP contribution in [-0.2, 0) is 9.59 Å². The van der Waals surface area contributed by atoms with Gasteiger partial charge in [0, 0.05) is 13.1 Å². The van der Waals surface area contributed by atoms with E-state index in [2.05, 4.69) is 15.1 Å². The van der Waals surface area contributed by atoms with Gasteiger partial charge in [-0.05, 0) is 51.2 Å². The fourth-order valence-electron chi connectivity index (χ4n) is 3.56. The molecule has 2 aliphatic heterocycles. The van der Waals surface area contributed by atoms with Crippen molar-refractivity contribution in [1.82, 2.24) is 15.1 Å². The molecule has 0 aromatic rings. The van der Waals surface area contributed by atoms with Gasteiger partial charge in [0.1, 0.15) is 6.54 Å². The van der Waals surface area contributed by atoms with Crippen LogP contribution in [0.1, 0.15) is 38.5 Å². The molecule has 0 aliphatic carbocycles. The highest BCUT2D eigenvalue weighted by molar-refractivity contribution is 5.82. The summed E-state index contributed by atoms with van der Waals surface area (Å²) in [5.74, 6) is -0.539. The van der Waals surface area contributed by atoms with Gasteiger partial charge in [-0.2, -0.15) is 0 Å². The number of hydrogen-bond acceptors (Lipinski definition) is 4. The van der Waals surface area contributed by atoms with Crippen LogP contribution in [0, 0.1) is 5.92 Å². The number of carbonyl (C=O) groups excluding carboxylic acids is 1. The monoisotopic (exact) mass is 311 g/mol. The summed E-state index contributed by atoms with van der Waals surface area (Å²) < 4.78 is 0. The molecule has 0 saturated carbocycles. The summed E-state index contributed by atoms with van der Waals surface area (Å²) in [7, 11) is 0. The highest BCUT2D eigenvalue weighted by Gasteiger charge is 2.23. The van der Waals surface area contributed by atoms with Crippen LogP contribution in [-0.4, -0.2) is 72.6 Å². The molecule has 2 fully saturated rings. The Morgan fingerprint density at radius 1 is 1.00 bits per heavy atom. The molecule has 0 aromatic heterocycles. The van der Waals surface area contributed by atoms with Crippen LogP contribution in [0.4, 0.5) is 0 Å². The molecule has 1 amide bonds. The van der Waals surface area contributed by atoms with Gasteiger partial charge in [0.25, 0.3) is 0 Å². The molecule has 6 nitrogen and oxygen atoms in total. The van der Waals surface area contributed by atoms with E-state index in [0.29, 0.717) is 12.5 Å². The van der Waals surface area contributed by atoms with Crippen LogP contribution in [0.15, 0.2) is 0 Å². The van der Waals surface area contributed by atoms with E-state index in [9.17, 15) is 9.59 Å². The van der Waals surface area contributed by atoms with Crippen molar-refractivity contribution in [2.75, 3.05) is 45.8 Å². The van der Waals surface area contributed by atoms with E-state index >= 15 is 0 Å². The first-order valence-electron chi connectivity index (χ1n) is 8.56. The Kier molecular flexibility index (Phi) is 7.12. The van der Waals surface area contributed by atoms with Crippen LogP contribution in [0.2, 0.25) is 0 Å². The summed E-state index contributed by atoms with van der Waals surface area (Å²) >= 11 is 0. The van der Waals surface area contributed by atoms with Gasteiger partial charge in [0.05, 0.1) is 6.54 Å². The summed E-state index contributed by atoms with van der Waals surface area (Å²) in [5, 5.41) is 11.0. The summed E-state index contributed by atoms with van der Waals surface area (Å²) in [6.45, 7) is 5.51. The van der Waals surface area contributed by atoms with Gasteiger partial charge in [-0.1, -0.05) is 12.8 Å². The standard InChI is InChI=1S/C16H29N3O3/c20-15(17-10-16(21)22)13-19-9-5-6-14(12-19)11-18-7-3-1-2-4-8-18/h14H,1-13H2,(H,17,20)(H,21,22)/t14-/m1/s1. The highest BCUT2D eigenvalue weighted by Crippen LogP contribution is 2.19. The van der Waals surface area contributed by atoms with Crippen molar-refractivity contribution in [3.05, 3.63) is 0 Å². The number of likely N-dealkylation sites (tertiary alicyclic amines) is 2. The van der Waals surface area contributed by atoms with E-state index in [4.69, 9.17) is 5.11 Å². The van der Waals surface area contributed by atoms with E-state index in [1.54, 1.807) is 0 Å². The number of nitrogens with one attached hydrogen (secondary N) is 1. The number of nitrogens with zero attached hydrogens (tertiary/aromatic N) is 2. The number of carboxylic acids is 1. The molecule has 0 aromatic carbocycles. The lowest BCUT2D eigenvalue weighted by Gasteiger charge is -2.35. The maximum Gasteiger partial charge on any atom is 0.322 e. The molecule has 0 radical (unpaired) electrons. The largest absolute Gasteiger partial charge is 0.480 e. The molecule has 0 unspecified atom stereocenters. The third-order valence-corrected chi connectivity index (χ3v) is 4.62. The number of amides is 1. The molecule has 0 bridgehead atoms. The van der Waals surface area contributed by atoms with Crippen molar-refractivity contribution < 1.29 is 14.7 Å². The van der Waals surface area contributed by atoms with Gasteiger partial charge in [0.15, 0.2) is 0 Å². The van der Waals surface area contributed by atoms with Crippen LogP contribution in [0.25, 0.3) is 0 Å². The predicted molar refractivity (Wildman–Crippen MR) is 84.7 cm³/mol. The average molecular weight is 311 g/mol. The summed E-state index contributed by atoms with van der Waals surface area (Å²) in [5.41, 5.74) is 0. The quantitative estimate of drug-likeness (QED) is 0.758. The normalized spacial score (nSPS) is 24.6. The molecule has 2 aliphatic rings. The van der Waals surface area contributed by atoms with E-state index in [0.717, 1.165) is 26.1 Å². The smallest absolute Gasteiger partial charge is 0.322 e. The van der Waals surface area contributed by atoms with E-state index in [1.165, 1.54) is 45.2 Å². The molecule has 2 rings (SSSR count). The van der Waals surface area contributed by atoms with Gasteiger partial charge in [-0.3, -0.25) is 14.5 Å². The first-order valence-corrected chi connectivity index (χ1v) is 8.56. The van der Waals surface area contributed by atoms with Crippen molar-refractivity contribution in [2.24, 2.45) is 5.92 Å². The van der Waals surface area contributed by atoms with Crippen molar-refractivity contribution in [1.29, 1.82) is 0 Å². The van der Waals surface area contributed by atoms with Crippen LogP contribution in [0.5, 0.6) is 0 Å². The molecule has 0 spiro atoms. The third kappa shape index (κ3) is 6.32. The SMILES string of the molecule is O=C(O)CNC(=O)CN1CCC[C@H](CN2CCCCCC2)C1. The van der Waals surface area contributed by atoms with Crippen LogP contribution in [0.3, 0.4) is 0 Å². The van der Waals surface area contributed by atoms with E-state index < -0.39 is 5.97 Å². The zero-order valence-corrected chi connectivity index (χ0v) is 13.4. The second-order valence-corrected chi connectivity index (χ2v) is 6.63. The molecular formula is C16H29N3O3. The maximum absolute atomic E-state index is 11.7. The zero-order valence-electron chi connectivity index (χ0n) is 13.4. The zero-order chi connectivity index (χ0) is 15.8. The number of hydrogen-bond donors (Lipinski definition) is 2. The fourth-order valence-corrected chi connectivity index (χ4v) is 3.56. The lowest BCUT2D eigenvalue weighted by molar-refractivity contribution is -0.138. The Hall–Kier alpha value is -1.14. The first-order chi connectivity index (χ1) is 10.6. The minimum absolute atomic E-state index is 0.183. The van der Waals surface area contributed by atoms with Crippen LogP contribution < -0.4 is 5.32 Å². The lowest BCUT2D eigenvalue weighted by atomic mass is 9.97.